The number of aromatic nitrogens is 6. The average molecular weight is 580 g/mol. The number of nitrogens with two attached hydrogens (primary N) is 1. The van der Waals surface area contributed by atoms with E-state index in [1.165, 1.54) is 11.8 Å². The molecule has 13 heteroatoms. The highest BCUT2D eigenvalue weighted by Gasteiger charge is 2.33. The number of carbonyl (C=O) groups is 1. The first-order chi connectivity index (χ1) is 20.2. The summed E-state index contributed by atoms with van der Waals surface area (Å²) in [6.45, 7) is 0.0302. The molecule has 3 aliphatic rings. The summed E-state index contributed by atoms with van der Waals surface area (Å²) in [5.41, 5.74) is 9.57. The monoisotopic (exact) mass is 579 g/mol. The van der Waals surface area contributed by atoms with E-state index in [0.717, 1.165) is 40.4 Å². The average Bonchev–Trinajstić information content (AvgIpc) is 3.72. The fraction of sp³-hybridized carbons (Fsp3) is 0.379. The van der Waals surface area contributed by atoms with Crippen LogP contribution < -0.4 is 11.4 Å². The zero-order valence-electron chi connectivity index (χ0n) is 23.4. The number of H-pyrrole nitrogens is 1. The summed E-state index contributed by atoms with van der Waals surface area (Å²) < 4.78 is 44.5. The summed E-state index contributed by atoms with van der Waals surface area (Å²) in [6.07, 6.45) is 3.72. The van der Waals surface area contributed by atoms with Crippen LogP contribution in [0, 0.1) is 5.95 Å². The van der Waals surface area contributed by atoms with E-state index in [-0.39, 0.29) is 30.9 Å². The van der Waals surface area contributed by atoms with Crippen molar-refractivity contribution in [1.82, 2.24) is 28.9 Å². The number of ether oxygens (including phenoxy) is 2. The minimum atomic E-state index is -1.12. The molecule has 0 radical (unpaired) electrons. The minimum absolute atomic E-state index is 0.0302. The summed E-state index contributed by atoms with van der Waals surface area (Å²) >= 11 is 0. The van der Waals surface area contributed by atoms with E-state index in [9.17, 15) is 18.4 Å². The maximum absolute atomic E-state index is 15.0. The van der Waals surface area contributed by atoms with Crippen LogP contribution in [-0.4, -0.2) is 61.0 Å². The molecule has 4 bridgehead atoms. The third kappa shape index (κ3) is 4.73. The Labute approximate surface area is 238 Å². The second-order valence-electron chi connectivity index (χ2n) is 10.8. The van der Waals surface area contributed by atoms with E-state index in [2.05, 4.69) is 25.5 Å². The van der Waals surface area contributed by atoms with Gasteiger partial charge in [0, 0.05) is 38.3 Å². The molecule has 0 saturated heterocycles. The Morgan fingerprint density at radius 2 is 1.95 bits per heavy atom. The second kappa shape index (κ2) is 10.7. The standard InChI is InChI=1S/C27H26F2N6O2.C2H5NO2/c1-33-12-19(25(29)32-33)23-21-15-5-3-14(4-6-15)9-16(28)13-37-18-8-7-17(10-18)35-24-20(34(2)27(35)36)11-30-26(31-23)22(21)24;1-5-2(3)4/h3-6,11-12,16-18H,7-10,13H2,1-2H3,(H,30,31);1H3,(H2,3,4)/t16?,17?,18-;/m0./s1. The van der Waals surface area contributed by atoms with E-state index >= 15 is 0 Å². The third-order valence-corrected chi connectivity index (χ3v) is 8.06. The number of nitrogens with one attached hydrogen (secondary N) is 1. The Morgan fingerprint density at radius 3 is 2.62 bits per heavy atom. The molecule has 1 fully saturated rings. The van der Waals surface area contributed by atoms with Gasteiger partial charge in [0.25, 0.3) is 0 Å². The van der Waals surface area contributed by atoms with Gasteiger partial charge in [0.15, 0.2) is 0 Å². The molecular weight excluding hydrogens is 548 g/mol. The normalized spacial score (nSPS) is 20.0. The fourth-order valence-corrected chi connectivity index (χ4v) is 6.10. The number of methoxy groups -OCH3 is 1. The third-order valence-electron chi connectivity index (χ3n) is 8.06. The second-order valence-corrected chi connectivity index (χ2v) is 10.8. The first-order valence-electron chi connectivity index (χ1n) is 13.7. The summed E-state index contributed by atoms with van der Waals surface area (Å²) in [4.78, 5) is 30.9. The van der Waals surface area contributed by atoms with Gasteiger partial charge in [-0.15, -0.1) is 5.10 Å². The number of primary amides is 1. The lowest BCUT2D eigenvalue weighted by molar-refractivity contribution is 0.0209. The highest BCUT2D eigenvalue weighted by atomic mass is 19.1. The number of rotatable bonds is 1. The van der Waals surface area contributed by atoms with Crippen molar-refractivity contribution in [3.05, 3.63) is 58.7 Å². The van der Waals surface area contributed by atoms with Crippen LogP contribution in [-0.2, 0) is 30.0 Å². The lowest BCUT2D eigenvalue weighted by atomic mass is 9.97. The predicted molar refractivity (Wildman–Crippen MR) is 152 cm³/mol. The van der Waals surface area contributed by atoms with Crippen molar-refractivity contribution >= 4 is 28.2 Å². The van der Waals surface area contributed by atoms with Gasteiger partial charge in [-0.2, -0.15) is 4.39 Å². The van der Waals surface area contributed by atoms with Gasteiger partial charge in [-0.1, -0.05) is 24.3 Å². The van der Waals surface area contributed by atoms with Crippen molar-refractivity contribution in [3.63, 3.8) is 0 Å². The fourth-order valence-electron chi connectivity index (χ4n) is 6.10. The zero-order chi connectivity index (χ0) is 29.7. The van der Waals surface area contributed by atoms with Crippen LogP contribution in [0.2, 0.25) is 0 Å². The van der Waals surface area contributed by atoms with Gasteiger partial charge in [-0.05, 0) is 30.4 Å². The molecule has 2 aliphatic heterocycles. The van der Waals surface area contributed by atoms with E-state index < -0.39 is 18.2 Å². The quantitative estimate of drug-likeness (QED) is 0.307. The number of hydrogen-bond donors (Lipinski definition) is 2. The molecule has 1 aromatic carbocycles. The van der Waals surface area contributed by atoms with Gasteiger partial charge in [0.05, 0.1) is 53.7 Å². The van der Waals surface area contributed by atoms with Crippen LogP contribution in [0.4, 0.5) is 13.6 Å². The molecule has 2 unspecified atom stereocenters. The zero-order valence-corrected chi connectivity index (χ0v) is 23.4. The maximum atomic E-state index is 15.0. The van der Waals surface area contributed by atoms with Gasteiger partial charge < -0.3 is 20.2 Å². The molecule has 3 N–H and O–H groups in total. The van der Waals surface area contributed by atoms with Crippen molar-refractivity contribution in [2.45, 2.75) is 44.0 Å². The minimum Gasteiger partial charge on any atom is -0.453 e. The molecule has 5 aromatic rings. The molecule has 0 spiro atoms. The van der Waals surface area contributed by atoms with Gasteiger partial charge in [0.2, 0.25) is 5.95 Å². The Hall–Kier alpha value is -4.52. The van der Waals surface area contributed by atoms with Gasteiger partial charge in [0.1, 0.15) is 11.8 Å². The number of benzene rings is 1. The number of fused-ring (bicyclic) bond motifs is 5. The Bertz CT molecular complexity index is 1850. The first-order valence-corrected chi connectivity index (χ1v) is 13.7. The number of carbonyl (C=O) groups excluding carboxylic acids is 1. The molecular formula is C29H31F2N7O4. The maximum Gasteiger partial charge on any atom is 0.404 e. The number of halogens is 2. The van der Waals surface area contributed by atoms with E-state index in [0.29, 0.717) is 28.8 Å². The first kappa shape index (κ1) is 27.6. The van der Waals surface area contributed by atoms with Crippen LogP contribution in [0.15, 0.2) is 41.5 Å². The van der Waals surface area contributed by atoms with Crippen LogP contribution in [0.5, 0.6) is 0 Å². The predicted octanol–water partition coefficient (Wildman–Crippen LogP) is 4.14. The number of amides is 1. The topological polar surface area (TPSA) is 135 Å². The number of nitrogens with zero attached hydrogens (tertiary/aromatic N) is 5. The van der Waals surface area contributed by atoms with Crippen molar-refractivity contribution in [2.24, 2.45) is 19.8 Å². The van der Waals surface area contributed by atoms with E-state index in [1.807, 2.05) is 28.8 Å². The lowest BCUT2D eigenvalue weighted by Gasteiger charge is -2.16. The molecule has 220 valence electrons. The number of hydrogen-bond acceptors (Lipinski definition) is 6. The molecule has 1 saturated carbocycles. The SMILES string of the molecule is COC(N)=O.Cn1cc(-c2[nH]c3ncc4c5c3c2-c2ccc(cc2)CC(F)CO[C@H]2CCC(C2)n5c(=O)n4C)c(F)n1. The molecule has 3 atom stereocenters. The number of alkyl halides is 1. The van der Waals surface area contributed by atoms with Crippen molar-refractivity contribution in [2.75, 3.05) is 13.7 Å². The van der Waals surface area contributed by atoms with Crippen molar-refractivity contribution in [3.8, 4) is 22.4 Å². The van der Waals surface area contributed by atoms with Crippen LogP contribution in [0.3, 0.4) is 0 Å². The van der Waals surface area contributed by atoms with Crippen LogP contribution in [0.1, 0.15) is 30.9 Å². The lowest BCUT2D eigenvalue weighted by Crippen LogP contribution is -2.26. The van der Waals surface area contributed by atoms with Gasteiger partial charge >= 0.3 is 11.8 Å². The molecule has 6 heterocycles. The number of imidazole rings is 1. The number of aryl methyl sites for hydroxylation is 2. The summed E-state index contributed by atoms with van der Waals surface area (Å²) in [5.74, 6) is -0.601. The Balaban J connectivity index is 0.000000585. The molecule has 42 heavy (non-hydrogen) atoms. The molecule has 1 aliphatic carbocycles. The molecule has 1 amide bonds. The van der Waals surface area contributed by atoms with Gasteiger partial charge in [-0.3, -0.25) is 13.8 Å². The van der Waals surface area contributed by atoms with Crippen molar-refractivity contribution < 1.29 is 23.0 Å². The molecule has 11 nitrogen and oxygen atoms in total. The summed E-state index contributed by atoms with van der Waals surface area (Å²) in [7, 11) is 4.64. The smallest absolute Gasteiger partial charge is 0.404 e. The number of aromatic amines is 1. The Kier molecular flexibility index (Phi) is 7.05. The van der Waals surface area contributed by atoms with Crippen LogP contribution >= 0.6 is 0 Å². The Morgan fingerprint density at radius 1 is 1.21 bits per heavy atom. The number of pyridine rings is 1. The van der Waals surface area contributed by atoms with E-state index in [1.54, 1.807) is 31.1 Å². The molecule has 8 rings (SSSR count). The largest absolute Gasteiger partial charge is 0.453 e. The summed E-state index contributed by atoms with van der Waals surface area (Å²) in [6, 6.07) is 7.51. The van der Waals surface area contributed by atoms with Gasteiger partial charge in [-0.25, -0.2) is 19.0 Å². The summed E-state index contributed by atoms with van der Waals surface area (Å²) in [5, 5.41) is 4.66. The van der Waals surface area contributed by atoms with Crippen LogP contribution in [0.25, 0.3) is 44.5 Å². The molecule has 4 aromatic heterocycles. The van der Waals surface area contributed by atoms with Crippen molar-refractivity contribution in [1.29, 1.82) is 0 Å². The highest BCUT2D eigenvalue weighted by Crippen LogP contribution is 2.43. The highest BCUT2D eigenvalue weighted by molar-refractivity contribution is 6.14. The van der Waals surface area contributed by atoms with E-state index in [4.69, 9.17) is 4.74 Å².